The summed E-state index contributed by atoms with van der Waals surface area (Å²) in [7, 11) is 0. The lowest BCUT2D eigenvalue weighted by Crippen LogP contribution is -2.65. The number of rotatable bonds is 1. The lowest BCUT2D eigenvalue weighted by Gasteiger charge is -2.54. The second-order valence-corrected chi connectivity index (χ2v) is 5.09. The van der Waals surface area contributed by atoms with Gasteiger partial charge >= 0.3 is 0 Å². The summed E-state index contributed by atoms with van der Waals surface area (Å²) >= 11 is 0. The van der Waals surface area contributed by atoms with Crippen molar-refractivity contribution in [1.82, 2.24) is 4.90 Å². The molecule has 14 heavy (non-hydrogen) atoms. The fourth-order valence-electron chi connectivity index (χ4n) is 2.37. The first-order chi connectivity index (χ1) is 6.19. The van der Waals surface area contributed by atoms with Crippen molar-refractivity contribution in [1.29, 1.82) is 0 Å². The molecule has 3 nitrogen and oxygen atoms in total. The molecule has 0 aromatic heterocycles. The molecule has 1 aliphatic heterocycles. The van der Waals surface area contributed by atoms with Crippen molar-refractivity contribution in [2.24, 2.45) is 0 Å². The highest BCUT2D eigenvalue weighted by Crippen LogP contribution is 2.37. The van der Waals surface area contributed by atoms with E-state index in [9.17, 15) is 5.11 Å². The highest BCUT2D eigenvalue weighted by molar-refractivity contribution is 5.13. The van der Waals surface area contributed by atoms with Crippen LogP contribution in [0.1, 0.15) is 34.6 Å². The van der Waals surface area contributed by atoms with Gasteiger partial charge in [0.15, 0.2) is 0 Å². The Bertz CT molecular complexity index is 244. The molecule has 1 unspecified atom stereocenters. The first-order valence-corrected chi connectivity index (χ1v) is 4.99. The Labute approximate surface area is 86.4 Å². The van der Waals surface area contributed by atoms with Crippen molar-refractivity contribution in [2.75, 3.05) is 6.61 Å². The Morgan fingerprint density at radius 3 is 2.29 bits per heavy atom. The molecule has 0 aromatic rings. The molecule has 1 aliphatic rings. The number of nitrogens with zero attached hydrogens (tertiary/aromatic N) is 1. The minimum Gasteiger partial charge on any atom is -0.495 e. The zero-order valence-electron chi connectivity index (χ0n) is 9.79. The molecule has 1 fully saturated rings. The Balaban J connectivity index is 3.07. The van der Waals surface area contributed by atoms with Crippen molar-refractivity contribution in [3.05, 3.63) is 12.3 Å². The second kappa shape index (κ2) is 3.24. The summed E-state index contributed by atoms with van der Waals surface area (Å²) in [5.41, 5.74) is -0.491. The molecule has 0 bridgehead atoms. The highest BCUT2D eigenvalue weighted by atomic mass is 16.5. The summed E-state index contributed by atoms with van der Waals surface area (Å²) in [6.07, 6.45) is -0.499. The maximum Gasteiger partial charge on any atom is 0.109 e. The third-order valence-corrected chi connectivity index (χ3v) is 2.91. The molecule has 1 rings (SSSR count). The van der Waals surface area contributed by atoms with Crippen molar-refractivity contribution in [3.8, 4) is 0 Å². The molecule has 0 aromatic carbocycles. The summed E-state index contributed by atoms with van der Waals surface area (Å²) in [5.74, 6) is 0.720. The highest BCUT2D eigenvalue weighted by Gasteiger charge is 2.47. The Hall–Kier alpha value is -0.540. The molecule has 0 spiro atoms. The topological polar surface area (TPSA) is 32.7 Å². The Morgan fingerprint density at radius 2 is 1.93 bits per heavy atom. The third kappa shape index (κ3) is 1.66. The van der Waals surface area contributed by atoms with Crippen LogP contribution < -0.4 is 0 Å². The van der Waals surface area contributed by atoms with E-state index in [-0.39, 0.29) is 11.1 Å². The van der Waals surface area contributed by atoms with E-state index >= 15 is 0 Å². The van der Waals surface area contributed by atoms with Crippen LogP contribution in [0.15, 0.2) is 12.3 Å². The monoisotopic (exact) mass is 199 g/mol. The number of aliphatic hydroxyl groups excluding tert-OH is 1. The van der Waals surface area contributed by atoms with Crippen molar-refractivity contribution in [3.63, 3.8) is 0 Å². The van der Waals surface area contributed by atoms with E-state index in [0.29, 0.717) is 6.61 Å². The molecule has 0 saturated carbocycles. The number of hydrogen-bond donors (Lipinski definition) is 1. The normalized spacial score (nSPS) is 28.3. The maximum atomic E-state index is 9.80. The van der Waals surface area contributed by atoms with Gasteiger partial charge in [0.1, 0.15) is 18.6 Å². The van der Waals surface area contributed by atoms with E-state index in [4.69, 9.17) is 4.74 Å². The van der Waals surface area contributed by atoms with Gasteiger partial charge in [0, 0.05) is 0 Å². The molecular formula is C11H21NO2. The van der Waals surface area contributed by atoms with Gasteiger partial charge in [-0.3, -0.25) is 4.90 Å². The van der Waals surface area contributed by atoms with Gasteiger partial charge in [0.2, 0.25) is 0 Å². The lowest BCUT2D eigenvalue weighted by atomic mass is 9.89. The maximum absolute atomic E-state index is 9.80. The van der Waals surface area contributed by atoms with Gasteiger partial charge in [0.05, 0.1) is 11.1 Å². The minimum absolute atomic E-state index is 0.168. The van der Waals surface area contributed by atoms with Crippen LogP contribution in [0.25, 0.3) is 0 Å². The zero-order chi connectivity index (χ0) is 11.1. The minimum atomic E-state index is -0.499. The fourth-order valence-corrected chi connectivity index (χ4v) is 2.37. The van der Waals surface area contributed by atoms with Crippen molar-refractivity contribution in [2.45, 2.75) is 51.9 Å². The molecular weight excluding hydrogens is 178 g/mol. The first kappa shape index (κ1) is 11.5. The van der Waals surface area contributed by atoms with Crippen molar-refractivity contribution < 1.29 is 9.84 Å². The van der Waals surface area contributed by atoms with Crippen LogP contribution in [0.4, 0.5) is 0 Å². The summed E-state index contributed by atoms with van der Waals surface area (Å²) in [4.78, 5) is 2.03. The largest absolute Gasteiger partial charge is 0.495 e. The fraction of sp³-hybridized carbons (Fsp3) is 0.818. The van der Waals surface area contributed by atoms with E-state index in [1.807, 2.05) is 18.7 Å². The SMILES string of the molecule is C=C1OCC(C)(C)N(C(C)O)C1(C)C. The lowest BCUT2D eigenvalue weighted by molar-refractivity contribution is -0.157. The molecule has 1 N–H and O–H groups in total. The quantitative estimate of drug-likeness (QED) is 0.698. The van der Waals surface area contributed by atoms with E-state index < -0.39 is 6.23 Å². The number of aliphatic hydroxyl groups is 1. The molecule has 82 valence electrons. The molecule has 1 saturated heterocycles. The summed E-state index contributed by atoms with van der Waals surface area (Å²) in [6, 6.07) is 0. The standard InChI is InChI=1S/C11H21NO2/c1-8-11(5,6)12(9(2)13)10(3,4)7-14-8/h9,13H,1,7H2,2-6H3. The van der Waals surface area contributed by atoms with E-state index in [1.54, 1.807) is 6.92 Å². The molecule has 1 atom stereocenters. The molecule has 0 radical (unpaired) electrons. The van der Waals surface area contributed by atoms with Gasteiger partial charge in [-0.1, -0.05) is 6.58 Å². The van der Waals surface area contributed by atoms with Crippen molar-refractivity contribution >= 4 is 0 Å². The van der Waals surface area contributed by atoms with E-state index in [2.05, 4.69) is 20.4 Å². The molecule has 1 heterocycles. The average molecular weight is 199 g/mol. The Morgan fingerprint density at radius 1 is 1.43 bits per heavy atom. The number of morpholine rings is 1. The van der Waals surface area contributed by atoms with E-state index in [0.717, 1.165) is 5.76 Å². The van der Waals surface area contributed by atoms with Gasteiger partial charge in [-0.05, 0) is 34.6 Å². The molecule has 3 heteroatoms. The van der Waals surface area contributed by atoms with Crippen LogP contribution in [0.2, 0.25) is 0 Å². The average Bonchev–Trinajstić information content (AvgIpc) is 1.95. The predicted molar refractivity (Wildman–Crippen MR) is 56.8 cm³/mol. The predicted octanol–water partition coefficient (Wildman–Crippen LogP) is 1.73. The van der Waals surface area contributed by atoms with Crippen LogP contribution in [-0.2, 0) is 4.74 Å². The third-order valence-electron chi connectivity index (χ3n) is 2.91. The smallest absolute Gasteiger partial charge is 0.109 e. The van der Waals surface area contributed by atoms with Crippen LogP contribution in [-0.4, -0.2) is 33.9 Å². The van der Waals surface area contributed by atoms with Gasteiger partial charge in [-0.2, -0.15) is 0 Å². The van der Waals surface area contributed by atoms with E-state index in [1.165, 1.54) is 0 Å². The zero-order valence-corrected chi connectivity index (χ0v) is 9.79. The summed E-state index contributed by atoms with van der Waals surface area (Å²) in [5, 5.41) is 9.80. The van der Waals surface area contributed by atoms with Crippen LogP contribution >= 0.6 is 0 Å². The van der Waals surface area contributed by atoms with Gasteiger partial charge in [-0.25, -0.2) is 0 Å². The van der Waals surface area contributed by atoms with Crippen LogP contribution in [0.3, 0.4) is 0 Å². The van der Waals surface area contributed by atoms with Gasteiger partial charge in [0.25, 0.3) is 0 Å². The van der Waals surface area contributed by atoms with Crippen LogP contribution in [0, 0.1) is 0 Å². The Kier molecular flexibility index (Phi) is 2.67. The number of ether oxygens (including phenoxy) is 1. The molecule has 0 aliphatic carbocycles. The van der Waals surface area contributed by atoms with Gasteiger partial charge < -0.3 is 9.84 Å². The molecule has 0 amide bonds. The number of hydrogen-bond acceptors (Lipinski definition) is 3. The second-order valence-electron chi connectivity index (χ2n) is 5.09. The first-order valence-electron chi connectivity index (χ1n) is 4.99. The summed E-state index contributed by atoms with van der Waals surface area (Å²) in [6.45, 7) is 14.4. The summed E-state index contributed by atoms with van der Waals surface area (Å²) < 4.78 is 5.54. The van der Waals surface area contributed by atoms with Crippen LogP contribution in [0.5, 0.6) is 0 Å². The van der Waals surface area contributed by atoms with Gasteiger partial charge in [-0.15, -0.1) is 0 Å².